The molecule has 0 aliphatic heterocycles. The molecule has 0 radical (unpaired) electrons. The third-order valence-electron chi connectivity index (χ3n) is 2.57. The number of anilines is 2. The van der Waals surface area contributed by atoms with Crippen molar-refractivity contribution in [3.05, 3.63) is 11.4 Å². The Balaban J connectivity index is 2.47. The minimum atomic E-state index is -4.09. The van der Waals surface area contributed by atoms with Gasteiger partial charge in [-0.2, -0.15) is 13.2 Å². The number of aryl methyl sites for hydroxylation is 1. The van der Waals surface area contributed by atoms with Crippen LogP contribution in [0.3, 0.4) is 0 Å². The Hall–Kier alpha value is -1.57. The number of rotatable bonds is 6. The van der Waals surface area contributed by atoms with E-state index in [1.54, 1.807) is 13.8 Å². The fourth-order valence-electron chi connectivity index (χ4n) is 1.60. The van der Waals surface area contributed by atoms with E-state index in [2.05, 4.69) is 20.7 Å². The van der Waals surface area contributed by atoms with Crippen molar-refractivity contribution in [1.29, 1.82) is 0 Å². The van der Waals surface area contributed by atoms with Gasteiger partial charge in [0, 0.05) is 18.5 Å². The molecule has 0 aromatic carbocycles. The predicted molar refractivity (Wildman–Crippen MR) is 67.7 cm³/mol. The molecule has 0 saturated heterocycles. The Morgan fingerprint density at radius 3 is 2.32 bits per heavy atom. The molecule has 4 N–H and O–H groups in total. The molecule has 5 nitrogen and oxygen atoms in total. The molecule has 8 heteroatoms. The molecule has 0 aliphatic rings. The summed E-state index contributed by atoms with van der Waals surface area (Å²) >= 11 is 0. The summed E-state index contributed by atoms with van der Waals surface area (Å²) in [6.07, 6.45) is -4.32. The van der Waals surface area contributed by atoms with E-state index >= 15 is 0 Å². The van der Waals surface area contributed by atoms with Crippen molar-refractivity contribution in [2.24, 2.45) is 5.84 Å². The first-order valence-corrected chi connectivity index (χ1v) is 5.96. The van der Waals surface area contributed by atoms with E-state index in [1.807, 2.05) is 0 Å². The van der Waals surface area contributed by atoms with E-state index in [9.17, 15) is 13.2 Å². The first-order chi connectivity index (χ1) is 8.83. The predicted octanol–water partition coefficient (Wildman–Crippen LogP) is 2.52. The van der Waals surface area contributed by atoms with Gasteiger partial charge in [0.05, 0.1) is 0 Å². The van der Waals surface area contributed by atoms with Crippen LogP contribution in [-0.4, -0.2) is 22.7 Å². The molecule has 1 rings (SSSR count). The highest BCUT2D eigenvalue weighted by Crippen LogP contribution is 2.22. The van der Waals surface area contributed by atoms with E-state index in [0.717, 1.165) is 5.56 Å². The summed E-state index contributed by atoms with van der Waals surface area (Å²) < 4.78 is 35.9. The van der Waals surface area contributed by atoms with Crippen molar-refractivity contribution in [1.82, 2.24) is 9.97 Å². The van der Waals surface area contributed by atoms with Crippen molar-refractivity contribution in [2.75, 3.05) is 17.3 Å². The third kappa shape index (κ3) is 5.29. The first-order valence-electron chi connectivity index (χ1n) is 5.96. The highest BCUT2D eigenvalue weighted by Gasteiger charge is 2.25. The van der Waals surface area contributed by atoms with Gasteiger partial charge in [-0.15, -0.1) is 0 Å². The van der Waals surface area contributed by atoms with Crippen molar-refractivity contribution < 1.29 is 13.2 Å². The number of halogens is 3. The van der Waals surface area contributed by atoms with Gasteiger partial charge < -0.3 is 10.7 Å². The van der Waals surface area contributed by atoms with Crippen LogP contribution in [-0.2, 0) is 0 Å². The second kappa shape index (κ2) is 6.55. The lowest BCUT2D eigenvalue weighted by Gasteiger charge is -2.12. The average Bonchev–Trinajstić information content (AvgIpc) is 2.31. The Morgan fingerprint density at radius 2 is 1.74 bits per heavy atom. The number of alkyl halides is 3. The second-order valence-corrected chi connectivity index (χ2v) is 4.24. The maximum Gasteiger partial charge on any atom is 0.389 e. The molecular formula is C11H18F3N5. The normalized spacial score (nSPS) is 11.5. The monoisotopic (exact) mass is 277 g/mol. The summed E-state index contributed by atoms with van der Waals surface area (Å²) in [4.78, 5) is 8.28. The van der Waals surface area contributed by atoms with Gasteiger partial charge in [0.15, 0.2) is 0 Å². The van der Waals surface area contributed by atoms with Gasteiger partial charge in [0.2, 0.25) is 0 Å². The number of nitrogen functional groups attached to an aromatic ring is 1. The minimum Gasteiger partial charge on any atom is -0.370 e. The zero-order valence-corrected chi connectivity index (χ0v) is 10.9. The van der Waals surface area contributed by atoms with Crippen LogP contribution in [0, 0.1) is 13.8 Å². The smallest absolute Gasteiger partial charge is 0.370 e. The van der Waals surface area contributed by atoms with Crippen molar-refractivity contribution >= 4 is 11.6 Å². The van der Waals surface area contributed by atoms with Gasteiger partial charge in [-0.1, -0.05) is 0 Å². The zero-order chi connectivity index (χ0) is 14.5. The van der Waals surface area contributed by atoms with Crippen LogP contribution in [0.25, 0.3) is 0 Å². The maximum absolute atomic E-state index is 12.0. The van der Waals surface area contributed by atoms with Crippen LogP contribution in [0.2, 0.25) is 0 Å². The molecule has 0 amide bonds. The molecule has 0 bridgehead atoms. The molecule has 19 heavy (non-hydrogen) atoms. The van der Waals surface area contributed by atoms with Crippen LogP contribution in [0.1, 0.15) is 30.7 Å². The molecule has 108 valence electrons. The standard InChI is InChI=1S/C11H18F3N5/c1-7-9(17-8(2)18-10(7)19-15)16-6-4-3-5-11(12,13)14/h3-6,15H2,1-2H3,(H2,16,17,18,19). The number of nitrogens with one attached hydrogen (secondary N) is 2. The SMILES string of the molecule is Cc1nc(NN)c(C)c(NCCCCC(F)(F)F)n1. The molecular weight excluding hydrogens is 259 g/mol. The van der Waals surface area contributed by atoms with Crippen LogP contribution >= 0.6 is 0 Å². The fourth-order valence-corrected chi connectivity index (χ4v) is 1.60. The lowest BCUT2D eigenvalue weighted by atomic mass is 10.2. The number of hydrogen-bond acceptors (Lipinski definition) is 5. The van der Waals surface area contributed by atoms with E-state index in [4.69, 9.17) is 5.84 Å². The van der Waals surface area contributed by atoms with E-state index in [1.165, 1.54) is 0 Å². The molecule has 0 fully saturated rings. The first kappa shape index (κ1) is 15.5. The minimum absolute atomic E-state index is 0.0988. The van der Waals surface area contributed by atoms with Crippen LogP contribution in [0.15, 0.2) is 0 Å². The second-order valence-electron chi connectivity index (χ2n) is 4.24. The summed E-state index contributed by atoms with van der Waals surface area (Å²) in [7, 11) is 0. The van der Waals surface area contributed by atoms with Crippen molar-refractivity contribution in [3.8, 4) is 0 Å². The van der Waals surface area contributed by atoms with E-state index < -0.39 is 12.6 Å². The quantitative estimate of drug-likeness (QED) is 0.423. The van der Waals surface area contributed by atoms with Gasteiger partial charge in [0.25, 0.3) is 0 Å². The summed E-state index contributed by atoms with van der Waals surface area (Å²) in [6, 6.07) is 0. The van der Waals surface area contributed by atoms with Gasteiger partial charge in [-0.25, -0.2) is 15.8 Å². The summed E-state index contributed by atoms with van der Waals surface area (Å²) in [5.41, 5.74) is 3.20. The average molecular weight is 277 g/mol. The lowest BCUT2D eigenvalue weighted by Crippen LogP contribution is -2.15. The zero-order valence-electron chi connectivity index (χ0n) is 10.9. The summed E-state index contributed by atoms with van der Waals surface area (Å²) in [5, 5.41) is 3.00. The highest BCUT2D eigenvalue weighted by molar-refractivity contribution is 5.56. The number of nitrogens with two attached hydrogens (primary N) is 1. The molecule has 0 atom stereocenters. The highest BCUT2D eigenvalue weighted by atomic mass is 19.4. The molecule has 0 spiro atoms. The Labute approximate surface area is 109 Å². The number of unbranched alkanes of at least 4 members (excludes halogenated alkanes) is 1. The molecule has 1 heterocycles. The molecule has 0 aliphatic carbocycles. The Morgan fingerprint density at radius 1 is 1.11 bits per heavy atom. The van der Waals surface area contributed by atoms with Gasteiger partial charge in [-0.05, 0) is 26.7 Å². The Kier molecular flexibility index (Phi) is 5.34. The van der Waals surface area contributed by atoms with Crippen molar-refractivity contribution in [2.45, 2.75) is 39.3 Å². The van der Waals surface area contributed by atoms with E-state index in [-0.39, 0.29) is 6.42 Å². The van der Waals surface area contributed by atoms with Gasteiger partial charge >= 0.3 is 6.18 Å². The molecule has 0 unspecified atom stereocenters. The molecule has 1 aromatic rings. The fraction of sp³-hybridized carbons (Fsp3) is 0.636. The third-order valence-corrected chi connectivity index (χ3v) is 2.57. The topological polar surface area (TPSA) is 75.9 Å². The summed E-state index contributed by atoms with van der Waals surface area (Å²) in [5.74, 6) is 6.95. The largest absolute Gasteiger partial charge is 0.389 e. The number of hydrazine groups is 1. The van der Waals surface area contributed by atoms with Crippen LogP contribution in [0.4, 0.5) is 24.8 Å². The molecule has 1 aromatic heterocycles. The number of aromatic nitrogens is 2. The summed E-state index contributed by atoms with van der Waals surface area (Å²) in [6.45, 7) is 3.93. The van der Waals surface area contributed by atoms with E-state index in [0.29, 0.717) is 30.4 Å². The Bertz CT molecular complexity index is 420. The van der Waals surface area contributed by atoms with Crippen LogP contribution < -0.4 is 16.6 Å². The lowest BCUT2D eigenvalue weighted by molar-refractivity contribution is -0.135. The van der Waals surface area contributed by atoms with Gasteiger partial charge in [-0.3, -0.25) is 0 Å². The maximum atomic E-state index is 12.0. The molecule has 0 saturated carbocycles. The number of nitrogens with zero attached hydrogens (tertiary/aromatic N) is 2. The van der Waals surface area contributed by atoms with Crippen molar-refractivity contribution in [3.63, 3.8) is 0 Å². The van der Waals surface area contributed by atoms with Gasteiger partial charge in [0.1, 0.15) is 17.5 Å². The number of hydrogen-bond donors (Lipinski definition) is 3. The van der Waals surface area contributed by atoms with Crippen LogP contribution in [0.5, 0.6) is 0 Å².